The third-order valence-electron chi connectivity index (χ3n) is 7.96. The number of anilines is 1. The lowest BCUT2D eigenvalue weighted by Gasteiger charge is -2.34. The van der Waals surface area contributed by atoms with E-state index in [0.717, 1.165) is 65.6 Å². The largest absolute Gasteiger partial charge is 0.469 e. The molecule has 0 bridgehead atoms. The molecule has 2 saturated heterocycles. The lowest BCUT2D eigenvalue weighted by molar-refractivity contribution is -0.142. The van der Waals surface area contributed by atoms with Gasteiger partial charge in [-0.3, -0.25) is 4.79 Å². The number of ether oxygens (including phenoxy) is 3. The molecule has 2 aliphatic heterocycles. The molecule has 2 fully saturated rings. The van der Waals surface area contributed by atoms with Crippen LogP contribution in [-0.2, 0) is 19.0 Å². The number of hydrogen-bond acceptors (Lipinski definition) is 9. The average Bonchev–Trinajstić information content (AvgIpc) is 3.51. The van der Waals surface area contributed by atoms with Crippen LogP contribution in [0.4, 0.5) is 10.5 Å². The molecule has 0 radical (unpaired) electrons. The third-order valence-corrected chi connectivity index (χ3v) is 8.46. The van der Waals surface area contributed by atoms with Crippen LogP contribution in [0.5, 0.6) is 0 Å². The van der Waals surface area contributed by atoms with Gasteiger partial charge in [-0.2, -0.15) is 0 Å². The maximum absolute atomic E-state index is 12.7. The van der Waals surface area contributed by atoms with Gasteiger partial charge in [-0.15, -0.1) is 10.2 Å². The monoisotopic (exact) mass is 668 g/mol. The zero-order valence-electron chi connectivity index (χ0n) is 25.9. The van der Waals surface area contributed by atoms with E-state index in [9.17, 15) is 9.59 Å². The number of carbonyl (C=O) groups excluding carboxylic acids is 2. The predicted molar refractivity (Wildman–Crippen MR) is 170 cm³/mol. The molecular weight excluding hydrogens is 628 g/mol. The van der Waals surface area contributed by atoms with Gasteiger partial charge in [-0.25, -0.2) is 4.79 Å². The molecule has 0 spiro atoms. The van der Waals surface area contributed by atoms with Gasteiger partial charge in [0, 0.05) is 42.1 Å². The molecule has 10 nitrogen and oxygen atoms in total. The Hall–Kier alpha value is -3.44. The molecule has 1 aromatic heterocycles. The second-order valence-corrected chi connectivity index (χ2v) is 13.3. The summed E-state index contributed by atoms with van der Waals surface area (Å²) < 4.78 is 23.5. The summed E-state index contributed by atoms with van der Waals surface area (Å²) in [4.78, 5) is 28.2. The van der Waals surface area contributed by atoms with Gasteiger partial charge in [0.1, 0.15) is 5.60 Å². The highest BCUT2D eigenvalue weighted by Crippen LogP contribution is 2.36. The molecule has 1 atom stereocenters. The van der Waals surface area contributed by atoms with Crippen LogP contribution in [0.3, 0.4) is 0 Å². The van der Waals surface area contributed by atoms with E-state index in [1.54, 1.807) is 0 Å². The molecule has 3 aromatic rings. The van der Waals surface area contributed by atoms with Gasteiger partial charge in [0.25, 0.3) is 0 Å². The third kappa shape index (κ3) is 8.18. The fourth-order valence-electron chi connectivity index (χ4n) is 5.74. The zero-order chi connectivity index (χ0) is 31.3. The summed E-state index contributed by atoms with van der Waals surface area (Å²) in [6, 6.07) is 14.2. The molecule has 2 aromatic carbocycles. The second kappa shape index (κ2) is 14.1. The van der Waals surface area contributed by atoms with Gasteiger partial charge in [0.05, 0.1) is 37.5 Å². The first-order valence-electron chi connectivity index (χ1n) is 15.2. The lowest BCUT2D eigenvalue weighted by atomic mass is 9.90. The van der Waals surface area contributed by atoms with Gasteiger partial charge in [-0.05, 0) is 82.3 Å². The summed E-state index contributed by atoms with van der Waals surface area (Å²) in [6.45, 7) is 8.96. The van der Waals surface area contributed by atoms with E-state index >= 15 is 0 Å². The fraction of sp³-hybridized carbons (Fsp3) is 0.515. The van der Waals surface area contributed by atoms with Crippen molar-refractivity contribution in [2.24, 2.45) is 0 Å². The summed E-state index contributed by atoms with van der Waals surface area (Å²) in [7, 11) is 1.39. The smallest absolute Gasteiger partial charge is 0.410 e. The fourth-order valence-corrected chi connectivity index (χ4v) is 6.09. The van der Waals surface area contributed by atoms with Crippen LogP contribution in [0.2, 0.25) is 0 Å². The van der Waals surface area contributed by atoms with E-state index in [4.69, 9.17) is 18.6 Å². The van der Waals surface area contributed by atoms with E-state index in [0.29, 0.717) is 31.5 Å². The first-order chi connectivity index (χ1) is 21.1. The standard InChI is InChI=1S/C33H41BrN4O6/c1-33(2,3)44-32(40)38-15-6-9-24(21-38)22-7-5-8-23(19-22)30-35-36-31(43-30)27-11-10-25(34)20-28(27)37-16-12-26(13-17-37)42-18-14-29(39)41-4/h5,7-8,10-11,19-20,24,26H,6,9,12-18,21H2,1-4H3. The Morgan fingerprint density at radius 2 is 1.80 bits per heavy atom. The number of esters is 1. The Kier molecular flexibility index (Phi) is 10.3. The molecule has 11 heteroatoms. The van der Waals surface area contributed by atoms with E-state index in [1.807, 2.05) is 49.9 Å². The maximum Gasteiger partial charge on any atom is 0.410 e. The molecule has 3 heterocycles. The highest BCUT2D eigenvalue weighted by molar-refractivity contribution is 9.10. The minimum Gasteiger partial charge on any atom is -0.469 e. The number of rotatable bonds is 8. The van der Waals surface area contributed by atoms with Crippen molar-refractivity contribution >= 4 is 33.7 Å². The normalized spacial score (nSPS) is 17.9. The number of nitrogens with zero attached hydrogens (tertiary/aromatic N) is 4. The van der Waals surface area contributed by atoms with Crippen LogP contribution >= 0.6 is 15.9 Å². The molecule has 44 heavy (non-hydrogen) atoms. The van der Waals surface area contributed by atoms with Crippen molar-refractivity contribution in [3.8, 4) is 22.9 Å². The minimum atomic E-state index is -0.522. The van der Waals surface area contributed by atoms with E-state index < -0.39 is 5.60 Å². The predicted octanol–water partition coefficient (Wildman–Crippen LogP) is 6.83. The number of carbonyl (C=O) groups is 2. The summed E-state index contributed by atoms with van der Waals surface area (Å²) in [5.41, 5.74) is 3.34. The van der Waals surface area contributed by atoms with E-state index in [-0.39, 0.29) is 30.5 Å². The highest BCUT2D eigenvalue weighted by atomic mass is 79.9. The van der Waals surface area contributed by atoms with Gasteiger partial charge < -0.3 is 28.4 Å². The first kappa shape index (κ1) is 32.0. The van der Waals surface area contributed by atoms with Crippen molar-refractivity contribution in [3.05, 3.63) is 52.5 Å². The van der Waals surface area contributed by atoms with Crippen LogP contribution in [0, 0.1) is 0 Å². The van der Waals surface area contributed by atoms with Crippen molar-refractivity contribution in [1.82, 2.24) is 15.1 Å². The topological polar surface area (TPSA) is 107 Å². The molecule has 5 rings (SSSR count). The Labute approximate surface area is 267 Å². The zero-order valence-corrected chi connectivity index (χ0v) is 27.5. The Morgan fingerprint density at radius 1 is 1.02 bits per heavy atom. The van der Waals surface area contributed by atoms with Crippen molar-refractivity contribution in [2.45, 2.75) is 70.5 Å². The van der Waals surface area contributed by atoms with Gasteiger partial charge >= 0.3 is 12.1 Å². The lowest BCUT2D eigenvalue weighted by Crippen LogP contribution is -2.42. The molecule has 0 saturated carbocycles. The van der Waals surface area contributed by atoms with E-state index in [1.165, 1.54) is 7.11 Å². The van der Waals surface area contributed by atoms with Crippen LogP contribution in [-0.4, -0.2) is 78.8 Å². The van der Waals surface area contributed by atoms with Crippen molar-refractivity contribution in [1.29, 1.82) is 0 Å². The Bertz CT molecular complexity index is 1450. The molecular formula is C33H41BrN4O6. The number of likely N-dealkylation sites (tertiary alicyclic amines) is 1. The molecule has 1 unspecified atom stereocenters. The summed E-state index contributed by atoms with van der Waals surface area (Å²) in [5, 5.41) is 8.86. The van der Waals surface area contributed by atoms with Crippen LogP contribution < -0.4 is 4.90 Å². The molecule has 2 aliphatic rings. The van der Waals surface area contributed by atoms with Gasteiger partial charge in [-0.1, -0.05) is 28.1 Å². The van der Waals surface area contributed by atoms with Crippen LogP contribution in [0.15, 0.2) is 51.4 Å². The second-order valence-electron chi connectivity index (χ2n) is 12.3. The number of hydrogen-bond donors (Lipinski definition) is 0. The quantitative estimate of drug-likeness (QED) is 0.239. The summed E-state index contributed by atoms with van der Waals surface area (Å²) >= 11 is 3.62. The summed E-state index contributed by atoms with van der Waals surface area (Å²) in [6.07, 6.45) is 3.72. The molecule has 1 amide bonds. The Balaban J connectivity index is 1.27. The number of methoxy groups -OCH3 is 1. The number of halogens is 1. The van der Waals surface area contributed by atoms with Crippen molar-refractivity contribution in [3.63, 3.8) is 0 Å². The average molecular weight is 670 g/mol. The number of aromatic nitrogens is 2. The van der Waals surface area contributed by atoms with E-state index in [2.05, 4.69) is 49.2 Å². The van der Waals surface area contributed by atoms with Gasteiger partial charge in [0.2, 0.25) is 11.8 Å². The molecule has 236 valence electrons. The number of benzene rings is 2. The van der Waals surface area contributed by atoms with Gasteiger partial charge in [0.15, 0.2) is 0 Å². The number of amides is 1. The first-order valence-corrected chi connectivity index (χ1v) is 16.0. The molecule has 0 N–H and O–H groups in total. The van der Waals surface area contributed by atoms with Crippen molar-refractivity contribution in [2.75, 3.05) is 44.8 Å². The van der Waals surface area contributed by atoms with Crippen LogP contribution in [0.1, 0.15) is 64.4 Å². The highest BCUT2D eigenvalue weighted by Gasteiger charge is 2.29. The minimum absolute atomic E-state index is 0.106. The number of piperidine rings is 2. The maximum atomic E-state index is 12.7. The summed E-state index contributed by atoms with van der Waals surface area (Å²) in [5.74, 6) is 0.848. The SMILES string of the molecule is COC(=O)CCOC1CCN(c2cc(Br)ccc2-c2nnc(-c3cccc(C4CCCN(C(=O)OC(C)(C)C)C4)c3)o2)CC1. The van der Waals surface area contributed by atoms with Crippen molar-refractivity contribution < 1.29 is 28.2 Å². The Morgan fingerprint density at radius 3 is 2.55 bits per heavy atom. The van der Waals surface area contributed by atoms with Crippen LogP contribution in [0.25, 0.3) is 22.9 Å². The molecule has 0 aliphatic carbocycles.